The van der Waals surface area contributed by atoms with Crippen molar-refractivity contribution in [2.45, 2.75) is 26.2 Å². The third kappa shape index (κ3) is 4.81. The summed E-state index contributed by atoms with van der Waals surface area (Å²) in [6.07, 6.45) is 1.12. The highest BCUT2D eigenvalue weighted by Gasteiger charge is 2.16. The maximum atomic E-state index is 12.2. The second-order valence-corrected chi connectivity index (χ2v) is 6.87. The van der Waals surface area contributed by atoms with Crippen molar-refractivity contribution in [1.29, 1.82) is 0 Å². The van der Waals surface area contributed by atoms with Gasteiger partial charge in [0.15, 0.2) is 11.5 Å². The number of phenolic OH excluding ortho intramolecular Hbond substituents is 1. The van der Waals surface area contributed by atoms with Crippen LogP contribution in [0.4, 0.5) is 5.69 Å². The maximum Gasteiger partial charge on any atom is 0.274 e. The average molecular weight is 371 g/mol. The zero-order chi connectivity index (χ0) is 20.2. The summed E-state index contributed by atoms with van der Waals surface area (Å²) >= 11 is 0. The molecule has 0 aliphatic heterocycles. The number of rotatable bonds is 5. The highest BCUT2D eigenvalue weighted by atomic mass is 16.6. The minimum atomic E-state index is -0.616. The van der Waals surface area contributed by atoms with Gasteiger partial charge in [0.05, 0.1) is 24.3 Å². The van der Waals surface area contributed by atoms with Gasteiger partial charge in [-0.2, -0.15) is 5.10 Å². The van der Waals surface area contributed by atoms with Gasteiger partial charge in [0.25, 0.3) is 11.6 Å². The molecule has 0 spiro atoms. The van der Waals surface area contributed by atoms with Crippen LogP contribution in [0.25, 0.3) is 0 Å². The number of carbonyl (C=O) groups excluding carboxylic acids is 1. The molecule has 2 rings (SSSR count). The summed E-state index contributed by atoms with van der Waals surface area (Å²) in [5.74, 6) is -0.811. The first-order valence-corrected chi connectivity index (χ1v) is 8.13. The number of phenols is 1. The second kappa shape index (κ2) is 7.86. The molecule has 0 atom stereocenters. The van der Waals surface area contributed by atoms with E-state index in [1.807, 2.05) is 12.1 Å². The maximum absolute atomic E-state index is 12.2. The highest BCUT2D eigenvalue weighted by Crippen LogP contribution is 2.33. The van der Waals surface area contributed by atoms with E-state index >= 15 is 0 Å². The summed E-state index contributed by atoms with van der Waals surface area (Å²) in [5, 5.41) is 24.7. The molecule has 2 N–H and O–H groups in total. The molecule has 0 heterocycles. The second-order valence-electron chi connectivity index (χ2n) is 6.87. The summed E-state index contributed by atoms with van der Waals surface area (Å²) in [6, 6.07) is 9.36. The normalized spacial score (nSPS) is 11.4. The molecule has 0 bridgehead atoms. The van der Waals surface area contributed by atoms with Crippen molar-refractivity contribution < 1.29 is 19.6 Å². The Bertz CT molecular complexity index is 883. The molecule has 2 aromatic rings. The molecule has 8 nitrogen and oxygen atoms in total. The Kier molecular flexibility index (Phi) is 5.79. The van der Waals surface area contributed by atoms with Gasteiger partial charge in [-0.25, -0.2) is 5.43 Å². The molecule has 0 aliphatic carbocycles. The van der Waals surface area contributed by atoms with E-state index in [9.17, 15) is 20.0 Å². The Morgan fingerprint density at radius 1 is 1.26 bits per heavy atom. The van der Waals surface area contributed by atoms with E-state index < -0.39 is 10.8 Å². The van der Waals surface area contributed by atoms with Crippen LogP contribution >= 0.6 is 0 Å². The van der Waals surface area contributed by atoms with Gasteiger partial charge < -0.3 is 9.84 Å². The summed E-state index contributed by atoms with van der Waals surface area (Å²) in [6.45, 7) is 6.23. The Morgan fingerprint density at radius 3 is 2.41 bits per heavy atom. The summed E-state index contributed by atoms with van der Waals surface area (Å²) in [4.78, 5) is 22.5. The lowest BCUT2D eigenvalue weighted by molar-refractivity contribution is -0.385. The van der Waals surface area contributed by atoms with Crippen LogP contribution in [0.2, 0.25) is 0 Å². The minimum Gasteiger partial charge on any atom is -0.504 e. The number of non-ortho nitro benzene ring substituents is 1. The van der Waals surface area contributed by atoms with Gasteiger partial charge >= 0.3 is 0 Å². The Balaban J connectivity index is 2.16. The van der Waals surface area contributed by atoms with Gasteiger partial charge in [0.2, 0.25) is 0 Å². The minimum absolute atomic E-state index is 0.0221. The Hall–Kier alpha value is -3.42. The van der Waals surface area contributed by atoms with Crippen LogP contribution in [0.1, 0.15) is 42.3 Å². The van der Waals surface area contributed by atoms with E-state index in [1.165, 1.54) is 7.11 Å². The number of amides is 1. The molecule has 0 aliphatic rings. The molecule has 1 amide bonds. The van der Waals surface area contributed by atoms with Crippen LogP contribution in [-0.2, 0) is 5.41 Å². The number of nitrogens with zero attached hydrogens (tertiary/aromatic N) is 2. The predicted molar refractivity (Wildman–Crippen MR) is 102 cm³/mol. The van der Waals surface area contributed by atoms with E-state index in [1.54, 1.807) is 12.1 Å². The smallest absolute Gasteiger partial charge is 0.274 e. The van der Waals surface area contributed by atoms with Crippen molar-refractivity contribution in [2.75, 3.05) is 7.11 Å². The number of benzene rings is 2. The van der Waals surface area contributed by atoms with Crippen molar-refractivity contribution in [3.8, 4) is 11.5 Å². The van der Waals surface area contributed by atoms with Crippen molar-refractivity contribution in [2.24, 2.45) is 5.10 Å². The lowest BCUT2D eigenvalue weighted by Crippen LogP contribution is -2.18. The van der Waals surface area contributed by atoms with Crippen molar-refractivity contribution in [1.82, 2.24) is 5.43 Å². The molecule has 0 fully saturated rings. The Labute approximate surface area is 156 Å². The lowest BCUT2D eigenvalue weighted by Gasteiger charge is -2.18. The zero-order valence-electron chi connectivity index (χ0n) is 15.5. The van der Waals surface area contributed by atoms with Crippen molar-refractivity contribution >= 4 is 17.8 Å². The monoisotopic (exact) mass is 371 g/mol. The van der Waals surface area contributed by atoms with Crippen LogP contribution in [0.3, 0.4) is 0 Å². The van der Waals surface area contributed by atoms with Gasteiger partial charge in [0.1, 0.15) is 0 Å². The molecule has 27 heavy (non-hydrogen) atoms. The van der Waals surface area contributed by atoms with E-state index in [0.29, 0.717) is 5.56 Å². The van der Waals surface area contributed by atoms with E-state index in [2.05, 4.69) is 31.3 Å². The van der Waals surface area contributed by atoms with Gasteiger partial charge in [-0.15, -0.1) is 0 Å². The van der Waals surface area contributed by atoms with E-state index in [-0.39, 0.29) is 28.2 Å². The number of aromatic hydroxyl groups is 1. The molecule has 0 aromatic heterocycles. The third-order valence-electron chi connectivity index (χ3n) is 3.90. The first-order chi connectivity index (χ1) is 12.6. The number of ether oxygens (including phenoxy) is 1. The molecule has 142 valence electrons. The van der Waals surface area contributed by atoms with Crippen LogP contribution in [0.5, 0.6) is 11.5 Å². The van der Waals surface area contributed by atoms with Gasteiger partial charge in [-0.1, -0.05) is 32.9 Å². The molecule has 0 saturated carbocycles. The number of nitrogens with one attached hydrogen (secondary N) is 1. The molecular weight excluding hydrogens is 350 g/mol. The SMILES string of the molecule is COc1cc([N+](=O)[O-])cc(/C=N/NC(=O)c2ccc(C(C)(C)C)cc2)c1O. The number of hydrogen-bond acceptors (Lipinski definition) is 6. The number of carbonyl (C=O) groups is 1. The van der Waals surface area contributed by atoms with Crippen molar-refractivity contribution in [3.05, 3.63) is 63.2 Å². The number of nitro groups is 1. The molecule has 0 unspecified atom stereocenters. The standard InChI is InChI=1S/C19H21N3O5/c1-19(2,3)14-7-5-12(6-8-14)18(24)21-20-11-13-9-15(22(25)26)10-16(27-4)17(13)23/h5-11,23H,1-4H3,(H,21,24)/b20-11+. The average Bonchev–Trinajstić information content (AvgIpc) is 2.62. The number of nitro benzene ring substituents is 1. The molecular formula is C19H21N3O5. The number of hydrogen-bond donors (Lipinski definition) is 2. The van der Waals surface area contributed by atoms with E-state index in [4.69, 9.17) is 4.74 Å². The van der Waals surface area contributed by atoms with Crippen LogP contribution in [0.15, 0.2) is 41.5 Å². The van der Waals surface area contributed by atoms with Crippen LogP contribution in [-0.4, -0.2) is 29.3 Å². The van der Waals surface area contributed by atoms with Crippen LogP contribution < -0.4 is 10.2 Å². The van der Waals surface area contributed by atoms with Gasteiger partial charge in [-0.05, 0) is 23.1 Å². The van der Waals surface area contributed by atoms with Crippen LogP contribution in [0, 0.1) is 10.1 Å². The topological polar surface area (TPSA) is 114 Å². The summed E-state index contributed by atoms with van der Waals surface area (Å²) < 4.78 is 4.91. The zero-order valence-corrected chi connectivity index (χ0v) is 15.5. The predicted octanol–water partition coefficient (Wildman–Crippen LogP) is 3.37. The molecule has 0 radical (unpaired) electrons. The molecule has 0 saturated heterocycles. The lowest BCUT2D eigenvalue weighted by atomic mass is 9.87. The number of hydrazone groups is 1. The summed E-state index contributed by atoms with van der Waals surface area (Å²) in [5.41, 5.74) is 3.59. The van der Waals surface area contributed by atoms with E-state index in [0.717, 1.165) is 23.9 Å². The highest BCUT2D eigenvalue weighted by molar-refractivity contribution is 5.95. The first kappa shape index (κ1) is 19.9. The molecule has 8 heteroatoms. The summed E-state index contributed by atoms with van der Waals surface area (Å²) in [7, 11) is 1.28. The fourth-order valence-corrected chi connectivity index (χ4v) is 2.32. The molecule has 2 aromatic carbocycles. The quantitative estimate of drug-likeness (QED) is 0.475. The fourth-order valence-electron chi connectivity index (χ4n) is 2.32. The fraction of sp³-hybridized carbons (Fsp3) is 0.263. The van der Waals surface area contributed by atoms with Gasteiger partial charge in [0, 0.05) is 17.2 Å². The van der Waals surface area contributed by atoms with Gasteiger partial charge in [-0.3, -0.25) is 14.9 Å². The van der Waals surface area contributed by atoms with Crippen molar-refractivity contribution in [3.63, 3.8) is 0 Å². The third-order valence-corrected chi connectivity index (χ3v) is 3.90. The number of methoxy groups -OCH3 is 1. The largest absolute Gasteiger partial charge is 0.504 e. The first-order valence-electron chi connectivity index (χ1n) is 8.13. The Morgan fingerprint density at radius 2 is 1.89 bits per heavy atom.